The van der Waals surface area contributed by atoms with Crippen molar-refractivity contribution in [1.82, 2.24) is 10.6 Å². The Labute approximate surface area is 158 Å². The molecule has 1 rings (SSSR count). The van der Waals surface area contributed by atoms with E-state index in [2.05, 4.69) is 29.5 Å². The van der Waals surface area contributed by atoms with Crippen LogP contribution in [0.15, 0.2) is 35.3 Å². The maximum atomic E-state index is 12.1. The molecule has 0 saturated carbocycles. The van der Waals surface area contributed by atoms with Gasteiger partial charge in [-0.25, -0.2) is 8.42 Å². The van der Waals surface area contributed by atoms with Crippen molar-refractivity contribution in [2.45, 2.75) is 32.4 Å². The first kappa shape index (κ1) is 22.4. The fourth-order valence-electron chi connectivity index (χ4n) is 2.28. The second-order valence-corrected chi connectivity index (χ2v) is 8.84. The Morgan fingerprint density at radius 2 is 1.81 bits per heavy atom. The maximum Gasteiger partial charge on any atom is 0.191 e. The first-order chi connectivity index (χ1) is 12.4. The number of nitrogens with zero attached hydrogens (tertiary/aromatic N) is 1. The molecule has 6 nitrogen and oxygen atoms in total. The number of hydrogen-bond donors (Lipinski definition) is 2. The predicted octanol–water partition coefficient (Wildman–Crippen LogP) is 2.22. The Hall–Kier alpha value is -1.60. The van der Waals surface area contributed by atoms with Crippen LogP contribution in [0, 0.1) is 5.92 Å². The summed E-state index contributed by atoms with van der Waals surface area (Å²) in [5.41, 5.74) is 0.829. The van der Waals surface area contributed by atoms with Crippen molar-refractivity contribution in [2.75, 3.05) is 39.1 Å². The van der Waals surface area contributed by atoms with Gasteiger partial charge >= 0.3 is 0 Å². The van der Waals surface area contributed by atoms with Crippen LogP contribution in [0.5, 0.6) is 0 Å². The second-order valence-electron chi connectivity index (χ2n) is 6.65. The van der Waals surface area contributed by atoms with Crippen LogP contribution in [-0.2, 0) is 20.3 Å². The van der Waals surface area contributed by atoms with Gasteiger partial charge in [0.15, 0.2) is 15.8 Å². The number of sulfone groups is 1. The van der Waals surface area contributed by atoms with Gasteiger partial charge in [0.2, 0.25) is 0 Å². The van der Waals surface area contributed by atoms with Crippen molar-refractivity contribution in [3.05, 3.63) is 35.9 Å². The standard InChI is InChI=1S/C19H33N3O3S/c1-17(2)10-13-25-14-12-22-19(20-3)21-11-7-15-26(23,24)16-18-8-5-4-6-9-18/h4-6,8-9,17H,7,10-16H2,1-3H3,(H2,20,21,22). The Balaban J connectivity index is 2.16. The molecule has 0 aromatic heterocycles. The molecule has 7 heteroatoms. The van der Waals surface area contributed by atoms with Gasteiger partial charge in [-0.1, -0.05) is 44.2 Å². The van der Waals surface area contributed by atoms with Crippen LogP contribution in [0.2, 0.25) is 0 Å². The molecule has 0 amide bonds. The van der Waals surface area contributed by atoms with E-state index in [-0.39, 0.29) is 11.5 Å². The van der Waals surface area contributed by atoms with Gasteiger partial charge in [-0.3, -0.25) is 4.99 Å². The molecular weight excluding hydrogens is 350 g/mol. The average molecular weight is 384 g/mol. The van der Waals surface area contributed by atoms with Gasteiger partial charge in [-0.05, 0) is 24.3 Å². The van der Waals surface area contributed by atoms with Crippen molar-refractivity contribution in [2.24, 2.45) is 10.9 Å². The minimum atomic E-state index is -3.09. The van der Waals surface area contributed by atoms with Gasteiger partial charge in [-0.15, -0.1) is 0 Å². The van der Waals surface area contributed by atoms with Crippen LogP contribution >= 0.6 is 0 Å². The Bertz CT molecular complexity index is 616. The zero-order valence-corrected chi connectivity index (χ0v) is 17.0. The highest BCUT2D eigenvalue weighted by Crippen LogP contribution is 2.06. The van der Waals surface area contributed by atoms with E-state index >= 15 is 0 Å². The number of benzene rings is 1. The molecule has 0 aliphatic heterocycles. The summed E-state index contributed by atoms with van der Waals surface area (Å²) in [4.78, 5) is 4.13. The minimum Gasteiger partial charge on any atom is -0.380 e. The van der Waals surface area contributed by atoms with E-state index in [9.17, 15) is 8.42 Å². The summed E-state index contributed by atoms with van der Waals surface area (Å²) in [5.74, 6) is 1.56. The summed E-state index contributed by atoms with van der Waals surface area (Å²) in [6.07, 6.45) is 1.60. The molecule has 26 heavy (non-hydrogen) atoms. The smallest absolute Gasteiger partial charge is 0.191 e. The molecule has 1 aromatic rings. The first-order valence-corrected chi connectivity index (χ1v) is 11.0. The fourth-order valence-corrected chi connectivity index (χ4v) is 3.71. The van der Waals surface area contributed by atoms with Gasteiger partial charge < -0.3 is 15.4 Å². The van der Waals surface area contributed by atoms with Crippen molar-refractivity contribution in [3.8, 4) is 0 Å². The summed E-state index contributed by atoms with van der Waals surface area (Å²) in [6.45, 7) is 6.97. The van der Waals surface area contributed by atoms with Crippen LogP contribution < -0.4 is 10.6 Å². The van der Waals surface area contributed by atoms with Gasteiger partial charge in [0.1, 0.15) is 0 Å². The molecule has 0 bridgehead atoms. The lowest BCUT2D eigenvalue weighted by atomic mass is 10.1. The fraction of sp³-hybridized carbons (Fsp3) is 0.632. The van der Waals surface area contributed by atoms with Crippen LogP contribution in [0.4, 0.5) is 0 Å². The molecule has 0 spiro atoms. The van der Waals surface area contributed by atoms with Gasteiger partial charge in [0.05, 0.1) is 18.1 Å². The Morgan fingerprint density at radius 3 is 2.46 bits per heavy atom. The molecule has 0 saturated heterocycles. The van der Waals surface area contributed by atoms with Crippen molar-refractivity contribution >= 4 is 15.8 Å². The molecule has 0 fully saturated rings. The molecule has 0 atom stereocenters. The van der Waals surface area contributed by atoms with Crippen molar-refractivity contribution in [1.29, 1.82) is 0 Å². The monoisotopic (exact) mass is 383 g/mol. The Kier molecular flexibility index (Phi) is 11.0. The number of nitrogens with one attached hydrogen (secondary N) is 2. The predicted molar refractivity (Wildman–Crippen MR) is 108 cm³/mol. The zero-order chi connectivity index (χ0) is 19.3. The van der Waals surface area contributed by atoms with Gasteiger partial charge in [0, 0.05) is 26.7 Å². The number of aliphatic imine (C=N–C) groups is 1. The highest BCUT2D eigenvalue weighted by molar-refractivity contribution is 7.90. The summed E-state index contributed by atoms with van der Waals surface area (Å²) in [7, 11) is -1.40. The third kappa shape index (κ3) is 11.1. The molecule has 148 valence electrons. The third-order valence-corrected chi connectivity index (χ3v) is 5.44. The van der Waals surface area contributed by atoms with E-state index in [0.717, 1.165) is 18.6 Å². The summed E-state index contributed by atoms with van der Waals surface area (Å²) in [5, 5.41) is 6.29. The van der Waals surface area contributed by atoms with Crippen molar-refractivity contribution < 1.29 is 13.2 Å². The maximum absolute atomic E-state index is 12.1. The van der Waals surface area contributed by atoms with E-state index in [1.165, 1.54) is 0 Å². The molecule has 0 unspecified atom stereocenters. The van der Waals surface area contributed by atoms with Gasteiger partial charge in [-0.2, -0.15) is 0 Å². The first-order valence-electron chi connectivity index (χ1n) is 9.19. The second kappa shape index (κ2) is 12.7. The molecular formula is C19H33N3O3S. The SMILES string of the molecule is CN=C(NCCCS(=O)(=O)Cc1ccccc1)NCCOCCC(C)C. The van der Waals surface area contributed by atoms with Crippen LogP contribution in [0.25, 0.3) is 0 Å². The summed E-state index contributed by atoms with van der Waals surface area (Å²) in [6, 6.07) is 9.27. The quantitative estimate of drug-likeness (QED) is 0.329. The highest BCUT2D eigenvalue weighted by atomic mass is 32.2. The Morgan fingerprint density at radius 1 is 1.12 bits per heavy atom. The molecule has 0 heterocycles. The highest BCUT2D eigenvalue weighted by Gasteiger charge is 2.11. The lowest BCUT2D eigenvalue weighted by Crippen LogP contribution is -2.39. The number of rotatable bonds is 12. The zero-order valence-electron chi connectivity index (χ0n) is 16.2. The number of hydrogen-bond acceptors (Lipinski definition) is 4. The van der Waals surface area contributed by atoms with Crippen LogP contribution in [0.1, 0.15) is 32.3 Å². The van der Waals surface area contributed by atoms with Crippen LogP contribution in [-0.4, -0.2) is 53.5 Å². The summed E-state index contributed by atoms with van der Waals surface area (Å²) >= 11 is 0. The van der Waals surface area contributed by atoms with E-state index in [1.807, 2.05) is 30.3 Å². The molecule has 0 aliphatic carbocycles. The largest absolute Gasteiger partial charge is 0.380 e. The lowest BCUT2D eigenvalue weighted by molar-refractivity contribution is 0.128. The number of guanidine groups is 1. The third-order valence-electron chi connectivity index (χ3n) is 3.76. The van der Waals surface area contributed by atoms with Crippen molar-refractivity contribution in [3.63, 3.8) is 0 Å². The number of ether oxygens (including phenoxy) is 1. The van der Waals surface area contributed by atoms with E-state index in [0.29, 0.717) is 38.0 Å². The van der Waals surface area contributed by atoms with Crippen LogP contribution in [0.3, 0.4) is 0 Å². The normalized spacial score (nSPS) is 12.4. The topological polar surface area (TPSA) is 79.8 Å². The molecule has 0 aliphatic rings. The van der Waals surface area contributed by atoms with E-state index in [4.69, 9.17) is 4.74 Å². The minimum absolute atomic E-state index is 0.0918. The summed E-state index contributed by atoms with van der Waals surface area (Å²) < 4.78 is 29.8. The van der Waals surface area contributed by atoms with Gasteiger partial charge in [0.25, 0.3) is 0 Å². The molecule has 1 aromatic carbocycles. The lowest BCUT2D eigenvalue weighted by Gasteiger charge is -2.12. The van der Waals surface area contributed by atoms with E-state index in [1.54, 1.807) is 7.05 Å². The molecule has 2 N–H and O–H groups in total. The van der Waals surface area contributed by atoms with E-state index < -0.39 is 9.84 Å². The average Bonchev–Trinajstić information content (AvgIpc) is 2.59. The molecule has 0 radical (unpaired) electrons.